The second kappa shape index (κ2) is 7.33. The first-order valence-electron chi connectivity index (χ1n) is 8.13. The van der Waals surface area contributed by atoms with Gasteiger partial charge in [-0.05, 0) is 62.4 Å². The Bertz CT molecular complexity index is 789. The van der Waals surface area contributed by atoms with E-state index in [-0.39, 0.29) is 6.79 Å². The lowest BCUT2D eigenvalue weighted by atomic mass is 10.0. The summed E-state index contributed by atoms with van der Waals surface area (Å²) >= 11 is 0. The van der Waals surface area contributed by atoms with Gasteiger partial charge < -0.3 is 15.2 Å². The first kappa shape index (κ1) is 16.3. The van der Waals surface area contributed by atoms with Gasteiger partial charge in [-0.25, -0.2) is 0 Å². The summed E-state index contributed by atoms with van der Waals surface area (Å²) < 4.78 is 11.1. The van der Waals surface area contributed by atoms with Gasteiger partial charge in [0.05, 0.1) is 0 Å². The number of hydrogen-bond donors (Lipinski definition) is 1. The van der Waals surface area contributed by atoms with E-state index in [1.807, 2.05) is 38.1 Å². The van der Waals surface area contributed by atoms with E-state index in [1.54, 1.807) is 0 Å². The Kier molecular flexibility index (Phi) is 4.97. The van der Waals surface area contributed by atoms with Gasteiger partial charge in [0.1, 0.15) is 17.3 Å². The zero-order chi connectivity index (χ0) is 16.9. The van der Waals surface area contributed by atoms with Gasteiger partial charge in [-0.2, -0.15) is 0 Å². The van der Waals surface area contributed by atoms with Crippen molar-refractivity contribution < 1.29 is 9.47 Å². The van der Waals surface area contributed by atoms with Crippen molar-refractivity contribution in [3.05, 3.63) is 35.4 Å². The lowest BCUT2D eigenvalue weighted by Crippen LogP contribution is -2.05. The molecule has 0 unspecified atom stereocenters. The molecule has 0 spiro atoms. The highest BCUT2D eigenvalue weighted by molar-refractivity contribution is 5.72. The van der Waals surface area contributed by atoms with Crippen LogP contribution < -0.4 is 10.5 Å². The lowest BCUT2D eigenvalue weighted by Gasteiger charge is -2.14. The Hall–Kier alpha value is -2.58. The van der Waals surface area contributed by atoms with Crippen molar-refractivity contribution >= 4 is 5.82 Å². The quantitative estimate of drug-likeness (QED) is 0.501. The fourth-order valence-electron chi connectivity index (χ4n) is 2.58. The molecule has 0 radical (unpaired) electrons. The highest BCUT2D eigenvalue weighted by atomic mass is 16.7. The highest BCUT2D eigenvalue weighted by Crippen LogP contribution is 2.45. The molecule has 0 aliphatic heterocycles. The van der Waals surface area contributed by atoms with Crippen molar-refractivity contribution in [1.82, 2.24) is 10.2 Å². The van der Waals surface area contributed by atoms with Gasteiger partial charge in [0.15, 0.2) is 6.79 Å². The molecule has 0 amide bonds. The molecular weight excluding hydrogens is 302 g/mol. The van der Waals surface area contributed by atoms with Crippen molar-refractivity contribution in [2.75, 3.05) is 19.1 Å². The minimum Gasteiger partial charge on any atom is -0.467 e. The molecule has 1 fully saturated rings. The van der Waals surface area contributed by atoms with Gasteiger partial charge >= 0.3 is 0 Å². The Morgan fingerprint density at radius 1 is 1.25 bits per heavy atom. The van der Waals surface area contributed by atoms with Crippen LogP contribution >= 0.6 is 0 Å². The Morgan fingerprint density at radius 3 is 2.79 bits per heavy atom. The predicted molar refractivity (Wildman–Crippen MR) is 93.5 cm³/mol. The summed E-state index contributed by atoms with van der Waals surface area (Å²) in [6.45, 7) is 4.53. The van der Waals surface area contributed by atoms with E-state index in [0.717, 1.165) is 35.2 Å². The summed E-state index contributed by atoms with van der Waals surface area (Å²) in [5.41, 5.74) is 9.58. The van der Waals surface area contributed by atoms with E-state index in [2.05, 4.69) is 22.0 Å². The summed E-state index contributed by atoms with van der Waals surface area (Å²) in [6, 6.07) is 7.78. The molecule has 5 heteroatoms. The van der Waals surface area contributed by atoms with E-state index in [4.69, 9.17) is 15.2 Å². The fourth-order valence-corrected chi connectivity index (χ4v) is 2.58. The van der Waals surface area contributed by atoms with Gasteiger partial charge in [0.2, 0.25) is 0 Å². The van der Waals surface area contributed by atoms with Crippen LogP contribution in [0.15, 0.2) is 24.3 Å². The summed E-state index contributed by atoms with van der Waals surface area (Å²) in [5, 5.41) is 8.38. The smallest absolute Gasteiger partial charge is 0.189 e. The number of nitrogens with two attached hydrogens (primary N) is 1. The molecule has 1 aliphatic carbocycles. The van der Waals surface area contributed by atoms with Crippen LogP contribution in [-0.4, -0.2) is 23.6 Å². The Morgan fingerprint density at radius 2 is 2.08 bits per heavy atom. The molecule has 124 valence electrons. The summed E-state index contributed by atoms with van der Waals surface area (Å²) in [4.78, 5) is 0. The van der Waals surface area contributed by atoms with E-state index < -0.39 is 0 Å². The monoisotopic (exact) mass is 323 g/mol. The standard InChI is InChI=1S/C19H21N3O2/c1-3-5-13-6-9-15(17(10-13)24-12-23-4-2)19-16(14-7-8-14)11-18(20)21-22-19/h6,9-11,14H,4,7-8,12H2,1-2H3,(H2,20,21). The van der Waals surface area contributed by atoms with Gasteiger partial charge in [-0.1, -0.05) is 5.92 Å². The van der Waals surface area contributed by atoms with E-state index in [0.29, 0.717) is 24.1 Å². The van der Waals surface area contributed by atoms with Crippen molar-refractivity contribution in [1.29, 1.82) is 0 Å². The number of nitrogen functional groups attached to an aromatic ring is 1. The van der Waals surface area contributed by atoms with Crippen LogP contribution in [0, 0.1) is 11.8 Å². The number of rotatable bonds is 6. The van der Waals surface area contributed by atoms with Gasteiger partial charge in [-0.3, -0.25) is 0 Å². The average Bonchev–Trinajstić information content (AvgIpc) is 3.41. The molecule has 2 aromatic rings. The molecule has 1 heterocycles. The predicted octanol–water partition coefficient (Wildman–Crippen LogP) is 3.35. The third-order valence-corrected chi connectivity index (χ3v) is 3.87. The van der Waals surface area contributed by atoms with Crippen LogP contribution in [0.3, 0.4) is 0 Å². The van der Waals surface area contributed by atoms with Gasteiger partial charge in [0, 0.05) is 17.7 Å². The van der Waals surface area contributed by atoms with E-state index >= 15 is 0 Å². The van der Waals surface area contributed by atoms with E-state index in [1.165, 1.54) is 0 Å². The lowest BCUT2D eigenvalue weighted by molar-refractivity contribution is 0.0227. The molecule has 1 aromatic heterocycles. The Balaban J connectivity index is 2.03. The van der Waals surface area contributed by atoms with Crippen molar-refractivity contribution in [3.8, 4) is 28.8 Å². The number of benzene rings is 1. The largest absolute Gasteiger partial charge is 0.467 e. The molecule has 1 aliphatic rings. The number of aromatic nitrogens is 2. The molecule has 5 nitrogen and oxygen atoms in total. The third-order valence-electron chi connectivity index (χ3n) is 3.87. The van der Waals surface area contributed by atoms with Crippen LogP contribution in [0.25, 0.3) is 11.3 Å². The summed E-state index contributed by atoms with van der Waals surface area (Å²) in [6.07, 6.45) is 2.32. The van der Waals surface area contributed by atoms with Crippen molar-refractivity contribution in [2.45, 2.75) is 32.6 Å². The van der Waals surface area contributed by atoms with Crippen molar-refractivity contribution in [2.24, 2.45) is 0 Å². The zero-order valence-electron chi connectivity index (χ0n) is 14.0. The molecule has 24 heavy (non-hydrogen) atoms. The van der Waals surface area contributed by atoms with Crippen LogP contribution in [0.2, 0.25) is 0 Å². The second-order valence-corrected chi connectivity index (χ2v) is 5.69. The number of hydrogen-bond acceptors (Lipinski definition) is 5. The van der Waals surface area contributed by atoms with Gasteiger partial charge in [-0.15, -0.1) is 16.1 Å². The highest BCUT2D eigenvalue weighted by Gasteiger charge is 2.29. The minimum atomic E-state index is 0.188. The molecule has 1 saturated carbocycles. The fraction of sp³-hybridized carbons (Fsp3) is 0.368. The minimum absolute atomic E-state index is 0.188. The van der Waals surface area contributed by atoms with Crippen LogP contribution in [0.5, 0.6) is 5.75 Å². The molecule has 0 bridgehead atoms. The molecule has 0 saturated heterocycles. The van der Waals surface area contributed by atoms with Crippen LogP contribution in [0.4, 0.5) is 5.82 Å². The maximum atomic E-state index is 5.83. The summed E-state index contributed by atoms with van der Waals surface area (Å²) in [7, 11) is 0. The normalized spacial score (nSPS) is 13.2. The molecule has 3 rings (SSSR count). The van der Waals surface area contributed by atoms with E-state index in [9.17, 15) is 0 Å². The first-order valence-corrected chi connectivity index (χ1v) is 8.13. The van der Waals surface area contributed by atoms with Crippen molar-refractivity contribution in [3.63, 3.8) is 0 Å². The molecular formula is C19H21N3O2. The molecule has 2 N–H and O–H groups in total. The average molecular weight is 323 g/mol. The molecule has 0 atom stereocenters. The SMILES string of the molecule is CC#Cc1ccc(-c2nnc(N)cc2C2CC2)c(OCOCC)c1. The topological polar surface area (TPSA) is 70.3 Å². The van der Waals surface area contributed by atoms with Crippen LogP contribution in [-0.2, 0) is 4.74 Å². The Labute approximate surface area is 142 Å². The maximum absolute atomic E-state index is 5.83. The number of anilines is 1. The molecule has 1 aromatic carbocycles. The zero-order valence-corrected chi connectivity index (χ0v) is 14.0. The van der Waals surface area contributed by atoms with Crippen LogP contribution in [0.1, 0.15) is 43.7 Å². The summed E-state index contributed by atoms with van der Waals surface area (Å²) in [5.74, 6) is 7.61. The third kappa shape index (κ3) is 3.66. The maximum Gasteiger partial charge on any atom is 0.189 e. The number of nitrogens with zero attached hydrogens (tertiary/aromatic N) is 2. The second-order valence-electron chi connectivity index (χ2n) is 5.69. The van der Waals surface area contributed by atoms with Gasteiger partial charge in [0.25, 0.3) is 0 Å². The number of ether oxygens (including phenoxy) is 2. The first-order chi connectivity index (χ1) is 11.7.